The molecule has 0 spiro atoms. The molecule has 24 heavy (non-hydrogen) atoms. The largest absolute Gasteiger partial charge is 0.480 e. The van der Waals surface area contributed by atoms with Gasteiger partial charge in [-0.25, -0.2) is 4.79 Å². The molecule has 0 heterocycles. The van der Waals surface area contributed by atoms with Crippen LogP contribution >= 0.6 is 0 Å². The minimum Gasteiger partial charge on any atom is -0.480 e. The van der Waals surface area contributed by atoms with E-state index in [0.717, 1.165) is 24.8 Å². The summed E-state index contributed by atoms with van der Waals surface area (Å²) in [5, 5.41) is 12.7. The molecule has 0 aliphatic heterocycles. The van der Waals surface area contributed by atoms with E-state index in [1.165, 1.54) is 19.3 Å². The molecule has 128 valence electrons. The molecule has 2 N–H and O–H groups in total. The number of rotatable bonds is 4. The first-order valence-electron chi connectivity index (χ1n) is 9.05. The summed E-state index contributed by atoms with van der Waals surface area (Å²) in [6, 6.07) is 6.57. The van der Waals surface area contributed by atoms with Crippen LogP contribution in [0.2, 0.25) is 0 Å². The van der Waals surface area contributed by atoms with E-state index in [0.29, 0.717) is 23.3 Å². The number of carboxylic acid groups (broad SMARTS) is 1. The lowest BCUT2D eigenvalue weighted by atomic mass is 9.47. The number of carboxylic acids is 1. The lowest BCUT2D eigenvalue weighted by Gasteiger charge is -2.58. The predicted molar refractivity (Wildman–Crippen MR) is 90.7 cm³/mol. The van der Waals surface area contributed by atoms with Crippen LogP contribution in [-0.2, 0) is 4.79 Å². The molecule has 0 saturated heterocycles. The number of benzene rings is 1. The van der Waals surface area contributed by atoms with Crippen molar-refractivity contribution in [2.24, 2.45) is 23.2 Å². The Kier molecular flexibility index (Phi) is 3.66. The van der Waals surface area contributed by atoms with Crippen molar-refractivity contribution in [3.8, 4) is 0 Å². The lowest BCUT2D eigenvalue weighted by Crippen LogP contribution is -2.59. The smallest absolute Gasteiger partial charge is 0.326 e. The van der Waals surface area contributed by atoms with E-state index >= 15 is 0 Å². The fourth-order valence-corrected chi connectivity index (χ4v) is 6.01. The van der Waals surface area contributed by atoms with E-state index in [1.54, 1.807) is 6.07 Å². The fourth-order valence-electron chi connectivity index (χ4n) is 6.01. The first kappa shape index (κ1) is 15.7. The predicted octanol–water partition coefficient (Wildman–Crippen LogP) is 3.39. The molecular formula is C20H25NO3. The Balaban J connectivity index is 1.59. The van der Waals surface area contributed by atoms with Gasteiger partial charge in [0.2, 0.25) is 0 Å². The Morgan fingerprint density at radius 1 is 1.12 bits per heavy atom. The molecule has 1 aromatic rings. The molecule has 4 nitrogen and oxygen atoms in total. The second kappa shape index (κ2) is 5.61. The molecule has 1 amide bonds. The third-order valence-electron chi connectivity index (χ3n) is 6.50. The van der Waals surface area contributed by atoms with Crippen molar-refractivity contribution >= 4 is 11.9 Å². The summed E-state index contributed by atoms with van der Waals surface area (Å²) < 4.78 is 0. The fraction of sp³-hybridized carbons (Fsp3) is 0.600. The molecule has 4 heteroatoms. The van der Waals surface area contributed by atoms with E-state index in [-0.39, 0.29) is 11.3 Å². The van der Waals surface area contributed by atoms with Gasteiger partial charge in [0, 0.05) is 11.0 Å². The molecule has 0 radical (unpaired) electrons. The van der Waals surface area contributed by atoms with Gasteiger partial charge >= 0.3 is 5.97 Å². The maximum absolute atomic E-state index is 12.6. The third kappa shape index (κ3) is 2.62. The Bertz CT molecular complexity index is 646. The standard InChI is InChI=1S/C20H25NO3/c1-12-3-2-4-16(5-12)18(22)21-17(19(23)24)20-9-13-6-14(10-20)8-15(7-13)11-20/h2-5,13-15,17H,6-11H2,1H3,(H,21,22)(H,23,24)/t13?,14?,15?,17-,20?/m1/s1. The number of carbonyl (C=O) groups is 2. The van der Waals surface area contributed by atoms with Crippen molar-refractivity contribution in [2.75, 3.05) is 0 Å². The van der Waals surface area contributed by atoms with Gasteiger partial charge in [-0.2, -0.15) is 0 Å². The molecule has 1 aromatic carbocycles. The zero-order valence-corrected chi connectivity index (χ0v) is 14.1. The number of hydrogen-bond acceptors (Lipinski definition) is 2. The summed E-state index contributed by atoms with van der Waals surface area (Å²) in [5.74, 6) is 0.844. The van der Waals surface area contributed by atoms with Gasteiger partial charge in [0.25, 0.3) is 5.91 Å². The van der Waals surface area contributed by atoms with Gasteiger partial charge in [0.05, 0.1) is 0 Å². The number of carbonyl (C=O) groups excluding carboxylic acids is 1. The maximum Gasteiger partial charge on any atom is 0.326 e. The molecule has 0 unspecified atom stereocenters. The quantitative estimate of drug-likeness (QED) is 0.891. The van der Waals surface area contributed by atoms with E-state index < -0.39 is 12.0 Å². The van der Waals surface area contributed by atoms with E-state index in [1.807, 2.05) is 25.1 Å². The van der Waals surface area contributed by atoms with E-state index in [2.05, 4.69) is 5.32 Å². The van der Waals surface area contributed by atoms with Crippen LogP contribution in [0.5, 0.6) is 0 Å². The Labute approximate surface area is 142 Å². The van der Waals surface area contributed by atoms with Crippen molar-refractivity contribution in [1.29, 1.82) is 0 Å². The lowest BCUT2D eigenvalue weighted by molar-refractivity contribution is -0.150. The highest BCUT2D eigenvalue weighted by Gasteiger charge is 2.56. The molecule has 1 atom stereocenters. The molecule has 0 aromatic heterocycles. The van der Waals surface area contributed by atoms with Gasteiger partial charge < -0.3 is 10.4 Å². The number of nitrogens with one attached hydrogen (secondary N) is 1. The zero-order chi connectivity index (χ0) is 16.9. The summed E-state index contributed by atoms with van der Waals surface area (Å²) in [4.78, 5) is 24.7. The Hall–Kier alpha value is -1.84. The van der Waals surface area contributed by atoms with Crippen LogP contribution in [0.1, 0.15) is 54.4 Å². The number of amides is 1. The van der Waals surface area contributed by atoms with Crippen LogP contribution in [0.4, 0.5) is 0 Å². The number of aliphatic carboxylic acids is 1. The van der Waals surface area contributed by atoms with Gasteiger partial charge in [-0.15, -0.1) is 0 Å². The van der Waals surface area contributed by atoms with E-state index in [4.69, 9.17) is 0 Å². The van der Waals surface area contributed by atoms with E-state index in [9.17, 15) is 14.7 Å². The van der Waals surface area contributed by atoms with Gasteiger partial charge in [0.1, 0.15) is 6.04 Å². The van der Waals surface area contributed by atoms with Gasteiger partial charge in [-0.1, -0.05) is 17.7 Å². The summed E-state index contributed by atoms with van der Waals surface area (Å²) >= 11 is 0. The zero-order valence-electron chi connectivity index (χ0n) is 14.1. The van der Waals surface area contributed by atoms with Crippen LogP contribution in [0.3, 0.4) is 0 Å². The minimum absolute atomic E-state index is 0.236. The van der Waals surface area contributed by atoms with Crippen LogP contribution in [0.25, 0.3) is 0 Å². The third-order valence-corrected chi connectivity index (χ3v) is 6.50. The molecule has 4 aliphatic carbocycles. The number of hydrogen-bond donors (Lipinski definition) is 2. The van der Waals surface area contributed by atoms with Crippen molar-refractivity contribution in [1.82, 2.24) is 5.32 Å². The second-order valence-electron chi connectivity index (χ2n) is 8.39. The van der Waals surface area contributed by atoms with Crippen molar-refractivity contribution in [3.05, 3.63) is 35.4 Å². The Morgan fingerprint density at radius 2 is 1.71 bits per heavy atom. The summed E-state index contributed by atoms with van der Waals surface area (Å²) in [6.07, 6.45) is 6.67. The molecular weight excluding hydrogens is 302 g/mol. The molecule has 5 rings (SSSR count). The first-order valence-corrected chi connectivity index (χ1v) is 9.05. The van der Waals surface area contributed by atoms with Crippen LogP contribution in [0, 0.1) is 30.1 Å². The van der Waals surface area contributed by atoms with Gasteiger partial charge in [0.15, 0.2) is 0 Å². The molecule has 4 aliphatic rings. The highest BCUT2D eigenvalue weighted by Crippen LogP contribution is 2.61. The molecule has 4 saturated carbocycles. The highest BCUT2D eigenvalue weighted by atomic mass is 16.4. The van der Waals surface area contributed by atoms with Crippen LogP contribution in [0.15, 0.2) is 24.3 Å². The second-order valence-corrected chi connectivity index (χ2v) is 8.39. The van der Waals surface area contributed by atoms with Crippen molar-refractivity contribution in [3.63, 3.8) is 0 Å². The summed E-state index contributed by atoms with van der Waals surface area (Å²) in [5.41, 5.74) is 1.32. The highest BCUT2D eigenvalue weighted by molar-refractivity contribution is 5.97. The Morgan fingerprint density at radius 3 is 2.21 bits per heavy atom. The SMILES string of the molecule is Cc1cccc(C(=O)N[C@H](C(=O)O)C23CC4CC(CC(C4)C2)C3)c1. The van der Waals surface area contributed by atoms with Crippen LogP contribution in [-0.4, -0.2) is 23.0 Å². The normalized spacial score (nSPS) is 34.8. The van der Waals surface area contributed by atoms with Crippen molar-refractivity contribution in [2.45, 2.75) is 51.5 Å². The molecule has 4 fully saturated rings. The topological polar surface area (TPSA) is 66.4 Å². The van der Waals surface area contributed by atoms with Crippen LogP contribution < -0.4 is 5.32 Å². The monoisotopic (exact) mass is 327 g/mol. The summed E-state index contributed by atoms with van der Waals surface area (Å²) in [7, 11) is 0. The average Bonchev–Trinajstić information content (AvgIpc) is 2.50. The maximum atomic E-state index is 12.6. The molecule has 4 bridgehead atoms. The summed E-state index contributed by atoms with van der Waals surface area (Å²) in [6.45, 7) is 1.94. The van der Waals surface area contributed by atoms with Gasteiger partial charge in [-0.05, 0) is 75.3 Å². The van der Waals surface area contributed by atoms with Gasteiger partial charge in [-0.3, -0.25) is 4.79 Å². The first-order chi connectivity index (χ1) is 11.4. The number of aryl methyl sites for hydroxylation is 1. The van der Waals surface area contributed by atoms with Crippen molar-refractivity contribution < 1.29 is 14.7 Å². The minimum atomic E-state index is -0.877. The average molecular weight is 327 g/mol.